The molecule has 0 radical (unpaired) electrons. The second kappa shape index (κ2) is 8.01. The van der Waals surface area contributed by atoms with Crippen LogP contribution in [0.4, 0.5) is 16.3 Å². The molecule has 9 heteroatoms. The number of hydrazine groups is 1. The summed E-state index contributed by atoms with van der Waals surface area (Å²) in [5, 5.41) is 6.57. The van der Waals surface area contributed by atoms with Crippen LogP contribution in [0.3, 0.4) is 0 Å². The van der Waals surface area contributed by atoms with E-state index in [-0.39, 0.29) is 36.5 Å². The summed E-state index contributed by atoms with van der Waals surface area (Å²) >= 11 is 0. The van der Waals surface area contributed by atoms with E-state index in [0.717, 1.165) is 25.7 Å². The van der Waals surface area contributed by atoms with Crippen molar-refractivity contribution < 1.29 is 14.4 Å². The number of aromatic nitrogens is 1. The Bertz CT molecular complexity index is 888. The number of hydrogen-bond donors (Lipinski definition) is 1. The third-order valence-corrected chi connectivity index (χ3v) is 6.74. The lowest BCUT2D eigenvalue weighted by atomic mass is 9.82. The Labute approximate surface area is 183 Å². The summed E-state index contributed by atoms with van der Waals surface area (Å²) in [5.41, 5.74) is -0.349. The van der Waals surface area contributed by atoms with Gasteiger partial charge in [-0.3, -0.25) is 19.5 Å². The van der Waals surface area contributed by atoms with E-state index in [2.05, 4.69) is 10.3 Å². The largest absolute Gasteiger partial charge is 0.349 e. The van der Waals surface area contributed by atoms with Crippen molar-refractivity contribution in [2.75, 3.05) is 29.5 Å². The molecule has 3 heterocycles. The fourth-order valence-corrected chi connectivity index (χ4v) is 5.20. The molecule has 9 nitrogen and oxygen atoms in total. The molecule has 2 aliphatic heterocycles. The van der Waals surface area contributed by atoms with Gasteiger partial charge >= 0.3 is 6.03 Å². The van der Waals surface area contributed by atoms with Crippen molar-refractivity contribution >= 4 is 29.4 Å². The maximum absolute atomic E-state index is 13.7. The van der Waals surface area contributed by atoms with Crippen LogP contribution in [0.25, 0.3) is 0 Å². The maximum atomic E-state index is 13.7. The SMILES string of the molecule is CCN1C(=O)N(CC(=O)N2C3CCCCC3NC(=O)C2(C)C)c2cccnc2N1CC. The number of anilines is 2. The van der Waals surface area contributed by atoms with Crippen LogP contribution < -0.4 is 15.2 Å². The first-order valence-corrected chi connectivity index (χ1v) is 11.3. The van der Waals surface area contributed by atoms with Gasteiger partial charge in [-0.15, -0.1) is 0 Å². The van der Waals surface area contributed by atoms with Crippen LogP contribution in [0.15, 0.2) is 18.3 Å². The summed E-state index contributed by atoms with van der Waals surface area (Å²) in [5.74, 6) is 0.315. The lowest BCUT2D eigenvalue weighted by Crippen LogP contribution is -2.73. The second-order valence-electron chi connectivity index (χ2n) is 8.90. The van der Waals surface area contributed by atoms with E-state index in [0.29, 0.717) is 24.6 Å². The molecule has 1 saturated heterocycles. The first-order valence-electron chi connectivity index (χ1n) is 11.3. The summed E-state index contributed by atoms with van der Waals surface area (Å²) in [6.07, 6.45) is 5.50. The van der Waals surface area contributed by atoms with Crippen LogP contribution in [0.5, 0.6) is 0 Å². The van der Waals surface area contributed by atoms with Gasteiger partial charge in [0.05, 0.1) is 11.7 Å². The second-order valence-corrected chi connectivity index (χ2v) is 8.90. The average Bonchev–Trinajstić information content (AvgIpc) is 2.75. The van der Waals surface area contributed by atoms with Crippen molar-refractivity contribution in [1.82, 2.24) is 20.2 Å². The number of fused-ring (bicyclic) bond motifs is 2. The number of piperazine rings is 1. The number of urea groups is 1. The normalized spacial score (nSPS) is 25.2. The van der Waals surface area contributed by atoms with Gasteiger partial charge in [0.1, 0.15) is 12.1 Å². The first kappa shape index (κ1) is 21.4. The molecule has 168 valence electrons. The molecule has 1 aromatic heterocycles. The standard InChI is InChI=1S/C22H32N6O3/c1-5-26-19-17(12-9-13-23-19)25(21(31)27(26)6-2)14-18(29)28-16-11-8-7-10-15(16)24-20(30)22(28,3)4/h9,12-13,15-16H,5-8,10-11,14H2,1-4H3,(H,24,30). The van der Waals surface area contributed by atoms with E-state index in [4.69, 9.17) is 0 Å². The smallest absolute Gasteiger partial charge is 0.343 e. The maximum Gasteiger partial charge on any atom is 0.343 e. The zero-order valence-corrected chi connectivity index (χ0v) is 18.8. The minimum absolute atomic E-state index is 0.0213. The molecule has 1 N–H and O–H groups in total. The van der Waals surface area contributed by atoms with E-state index < -0.39 is 5.54 Å². The molecule has 1 aromatic rings. The van der Waals surface area contributed by atoms with Gasteiger partial charge < -0.3 is 10.2 Å². The van der Waals surface area contributed by atoms with Gasteiger partial charge in [0.2, 0.25) is 11.8 Å². The molecular weight excluding hydrogens is 396 g/mol. The molecule has 2 unspecified atom stereocenters. The van der Waals surface area contributed by atoms with Crippen LogP contribution in [-0.2, 0) is 9.59 Å². The van der Waals surface area contributed by atoms with Crippen LogP contribution in [0.1, 0.15) is 53.4 Å². The zero-order valence-electron chi connectivity index (χ0n) is 18.8. The Morgan fingerprint density at radius 3 is 2.58 bits per heavy atom. The molecule has 1 aliphatic carbocycles. The van der Waals surface area contributed by atoms with Crippen LogP contribution in [0, 0.1) is 0 Å². The van der Waals surface area contributed by atoms with E-state index in [1.807, 2.05) is 24.9 Å². The van der Waals surface area contributed by atoms with Crippen molar-refractivity contribution in [2.24, 2.45) is 0 Å². The summed E-state index contributed by atoms with van der Waals surface area (Å²) < 4.78 is 0. The summed E-state index contributed by atoms with van der Waals surface area (Å²) in [6.45, 7) is 8.38. The molecule has 2 atom stereocenters. The molecule has 1 saturated carbocycles. The van der Waals surface area contributed by atoms with Gasteiger partial charge in [0.25, 0.3) is 0 Å². The molecule has 4 rings (SSSR count). The number of hydrogen-bond acceptors (Lipinski definition) is 5. The Morgan fingerprint density at radius 2 is 1.87 bits per heavy atom. The Morgan fingerprint density at radius 1 is 1.16 bits per heavy atom. The van der Waals surface area contributed by atoms with Gasteiger partial charge in [-0.05, 0) is 52.7 Å². The minimum atomic E-state index is -0.966. The number of nitrogens with one attached hydrogen (secondary N) is 1. The van der Waals surface area contributed by atoms with Crippen molar-refractivity contribution in [1.29, 1.82) is 0 Å². The highest BCUT2D eigenvalue weighted by atomic mass is 16.2. The van der Waals surface area contributed by atoms with E-state index in [1.165, 1.54) is 4.90 Å². The predicted octanol–water partition coefficient (Wildman–Crippen LogP) is 2.13. The van der Waals surface area contributed by atoms with Crippen LogP contribution >= 0.6 is 0 Å². The van der Waals surface area contributed by atoms with Crippen molar-refractivity contribution in [3.8, 4) is 0 Å². The number of nitrogens with zero attached hydrogens (tertiary/aromatic N) is 5. The number of pyridine rings is 1. The average molecular weight is 429 g/mol. The monoisotopic (exact) mass is 428 g/mol. The van der Waals surface area contributed by atoms with E-state index >= 15 is 0 Å². The predicted molar refractivity (Wildman–Crippen MR) is 117 cm³/mol. The number of rotatable bonds is 4. The third-order valence-electron chi connectivity index (χ3n) is 6.74. The Hall–Kier alpha value is -2.84. The van der Waals surface area contributed by atoms with Gasteiger partial charge in [-0.2, -0.15) is 0 Å². The lowest BCUT2D eigenvalue weighted by Gasteiger charge is -2.52. The fourth-order valence-electron chi connectivity index (χ4n) is 5.20. The van der Waals surface area contributed by atoms with Crippen LogP contribution in [-0.4, -0.2) is 70.0 Å². The highest BCUT2D eigenvalue weighted by molar-refractivity contribution is 6.04. The van der Waals surface area contributed by atoms with Crippen LogP contribution in [0.2, 0.25) is 0 Å². The zero-order chi connectivity index (χ0) is 22.3. The van der Waals surface area contributed by atoms with Gasteiger partial charge in [-0.25, -0.2) is 14.8 Å². The lowest BCUT2D eigenvalue weighted by molar-refractivity contribution is -0.156. The molecule has 2 fully saturated rings. The number of amides is 4. The van der Waals surface area contributed by atoms with Gasteiger partial charge in [0.15, 0.2) is 5.82 Å². The first-order chi connectivity index (χ1) is 14.8. The molecule has 0 bridgehead atoms. The molecule has 0 spiro atoms. The van der Waals surface area contributed by atoms with Gasteiger partial charge in [0, 0.05) is 25.3 Å². The van der Waals surface area contributed by atoms with Gasteiger partial charge in [-0.1, -0.05) is 12.8 Å². The summed E-state index contributed by atoms with van der Waals surface area (Å²) in [4.78, 5) is 47.6. The third kappa shape index (κ3) is 3.40. The van der Waals surface area contributed by atoms with Crippen molar-refractivity contribution in [2.45, 2.75) is 71.0 Å². The summed E-state index contributed by atoms with van der Waals surface area (Å²) in [7, 11) is 0. The minimum Gasteiger partial charge on any atom is -0.349 e. The van der Waals surface area contributed by atoms with E-state index in [9.17, 15) is 14.4 Å². The number of carbonyl (C=O) groups excluding carboxylic acids is 3. The summed E-state index contributed by atoms with van der Waals surface area (Å²) in [6, 6.07) is 3.27. The van der Waals surface area contributed by atoms with Crippen molar-refractivity contribution in [3.63, 3.8) is 0 Å². The molecular formula is C22H32N6O3. The fraction of sp³-hybridized carbons (Fsp3) is 0.636. The highest BCUT2D eigenvalue weighted by Gasteiger charge is 2.50. The molecule has 4 amide bonds. The Balaban J connectivity index is 1.68. The Kier molecular flexibility index (Phi) is 5.53. The van der Waals surface area contributed by atoms with E-state index in [1.54, 1.807) is 36.0 Å². The van der Waals surface area contributed by atoms with Crippen molar-refractivity contribution in [3.05, 3.63) is 18.3 Å². The topological polar surface area (TPSA) is 89.1 Å². The molecule has 3 aliphatic rings. The quantitative estimate of drug-likeness (QED) is 0.794. The molecule has 0 aromatic carbocycles. The highest BCUT2D eigenvalue weighted by Crippen LogP contribution is 2.36. The number of carbonyl (C=O) groups is 3. The molecule has 31 heavy (non-hydrogen) atoms.